The van der Waals surface area contributed by atoms with Crippen molar-refractivity contribution in [2.24, 2.45) is 0 Å². The maximum Gasteiger partial charge on any atom is 0.253 e. The summed E-state index contributed by atoms with van der Waals surface area (Å²) in [6.45, 7) is 0.179. The molecular formula is C21H19N3O2. The highest BCUT2D eigenvalue weighted by Crippen LogP contribution is 2.39. The maximum absolute atomic E-state index is 9.54. The topological polar surface area (TPSA) is 71.9 Å². The van der Waals surface area contributed by atoms with Gasteiger partial charge in [0.1, 0.15) is 11.2 Å². The number of hydrogen-bond donors (Lipinski definition) is 0. The quantitative estimate of drug-likeness (QED) is 0.673. The molecule has 0 N–H and O–H groups in total. The Hall–Kier alpha value is -3.13. The fourth-order valence-corrected chi connectivity index (χ4v) is 3.45. The lowest BCUT2D eigenvalue weighted by Gasteiger charge is -2.14. The molecule has 1 saturated carbocycles. The lowest BCUT2D eigenvalue weighted by molar-refractivity contribution is 0.252. The molecule has 2 aromatic carbocycles. The second kappa shape index (κ2) is 7.01. The molecule has 0 unspecified atom stereocenters. The van der Waals surface area contributed by atoms with Crippen molar-refractivity contribution in [2.75, 3.05) is 0 Å². The van der Waals surface area contributed by atoms with E-state index in [4.69, 9.17) is 9.15 Å². The van der Waals surface area contributed by atoms with Crippen molar-refractivity contribution in [3.05, 3.63) is 66.4 Å². The van der Waals surface area contributed by atoms with E-state index < -0.39 is 5.41 Å². The fourth-order valence-electron chi connectivity index (χ4n) is 3.45. The maximum atomic E-state index is 9.54. The van der Waals surface area contributed by atoms with Crippen molar-refractivity contribution in [1.29, 1.82) is 5.26 Å². The van der Waals surface area contributed by atoms with Crippen LogP contribution in [0, 0.1) is 11.3 Å². The second-order valence-electron chi connectivity index (χ2n) is 6.55. The molecule has 0 aliphatic heterocycles. The Bertz CT molecular complexity index is 922. The summed E-state index contributed by atoms with van der Waals surface area (Å²) >= 11 is 0. The van der Waals surface area contributed by atoms with Gasteiger partial charge >= 0.3 is 0 Å². The normalized spacial score (nSPS) is 15.5. The van der Waals surface area contributed by atoms with Gasteiger partial charge in [-0.05, 0) is 24.5 Å². The van der Waals surface area contributed by atoms with Gasteiger partial charge in [0.2, 0.25) is 5.89 Å². The molecule has 4 rings (SSSR count). The van der Waals surface area contributed by atoms with E-state index in [0.717, 1.165) is 42.6 Å². The average Bonchev–Trinajstić information content (AvgIpc) is 3.37. The summed E-state index contributed by atoms with van der Waals surface area (Å²) in [4.78, 5) is 0. The third-order valence-corrected chi connectivity index (χ3v) is 4.87. The Balaban J connectivity index is 1.52. The lowest BCUT2D eigenvalue weighted by Crippen LogP contribution is -2.19. The zero-order valence-corrected chi connectivity index (χ0v) is 14.4. The molecule has 5 nitrogen and oxygen atoms in total. The minimum Gasteiger partial charge on any atom is -0.483 e. The largest absolute Gasteiger partial charge is 0.483 e. The van der Waals surface area contributed by atoms with E-state index in [-0.39, 0.29) is 6.61 Å². The molecule has 5 heteroatoms. The zero-order valence-electron chi connectivity index (χ0n) is 14.4. The van der Waals surface area contributed by atoms with E-state index in [0.29, 0.717) is 11.8 Å². The summed E-state index contributed by atoms with van der Waals surface area (Å²) in [6, 6.07) is 20.3. The minimum atomic E-state index is -0.618. The molecule has 1 aliphatic rings. The number of rotatable bonds is 5. The van der Waals surface area contributed by atoms with Crippen molar-refractivity contribution in [3.8, 4) is 22.9 Å². The molecule has 0 saturated heterocycles. The summed E-state index contributed by atoms with van der Waals surface area (Å²) in [5.41, 5.74) is 1.48. The number of aromatic nitrogens is 2. The minimum absolute atomic E-state index is 0.179. The van der Waals surface area contributed by atoms with E-state index in [2.05, 4.69) is 16.3 Å². The predicted octanol–water partition coefficient (Wildman–Crippen LogP) is 4.65. The van der Waals surface area contributed by atoms with Gasteiger partial charge in [-0.3, -0.25) is 0 Å². The first-order valence-electron chi connectivity index (χ1n) is 8.82. The van der Waals surface area contributed by atoms with Crippen LogP contribution in [0.5, 0.6) is 5.75 Å². The first-order valence-corrected chi connectivity index (χ1v) is 8.82. The molecule has 3 aromatic rings. The summed E-state index contributed by atoms with van der Waals surface area (Å²) in [5, 5.41) is 17.7. The van der Waals surface area contributed by atoms with Crippen LogP contribution in [-0.4, -0.2) is 10.2 Å². The molecule has 1 heterocycles. The lowest BCUT2D eigenvalue weighted by atomic mass is 9.88. The molecule has 26 heavy (non-hydrogen) atoms. The van der Waals surface area contributed by atoms with E-state index in [1.807, 2.05) is 54.6 Å². The van der Waals surface area contributed by atoms with Crippen LogP contribution in [0.3, 0.4) is 0 Å². The summed E-state index contributed by atoms with van der Waals surface area (Å²) < 4.78 is 11.7. The van der Waals surface area contributed by atoms with Crippen LogP contribution in [0.25, 0.3) is 11.1 Å². The zero-order chi connectivity index (χ0) is 17.8. The Kier molecular flexibility index (Phi) is 4.40. The highest BCUT2D eigenvalue weighted by atomic mass is 16.5. The van der Waals surface area contributed by atoms with Gasteiger partial charge in [0, 0.05) is 5.56 Å². The second-order valence-corrected chi connectivity index (χ2v) is 6.55. The van der Waals surface area contributed by atoms with Gasteiger partial charge in [-0.2, -0.15) is 5.26 Å². The number of nitrogens with zero attached hydrogens (tertiary/aromatic N) is 3. The van der Waals surface area contributed by atoms with E-state index in [1.54, 1.807) is 0 Å². The van der Waals surface area contributed by atoms with Gasteiger partial charge in [0.05, 0.1) is 6.07 Å². The number of para-hydroxylation sites is 1. The van der Waals surface area contributed by atoms with Crippen LogP contribution in [0.4, 0.5) is 0 Å². The average molecular weight is 345 g/mol. The molecule has 1 aliphatic carbocycles. The van der Waals surface area contributed by atoms with Crippen LogP contribution in [0.2, 0.25) is 0 Å². The summed E-state index contributed by atoms with van der Waals surface area (Å²) in [5.74, 6) is 1.58. The van der Waals surface area contributed by atoms with E-state index in [1.165, 1.54) is 0 Å². The highest BCUT2D eigenvalue weighted by molar-refractivity contribution is 5.70. The molecule has 1 aromatic heterocycles. The molecular weight excluding hydrogens is 326 g/mol. The van der Waals surface area contributed by atoms with Crippen molar-refractivity contribution in [2.45, 2.75) is 37.7 Å². The van der Waals surface area contributed by atoms with Crippen molar-refractivity contribution in [3.63, 3.8) is 0 Å². The molecule has 0 amide bonds. The summed E-state index contributed by atoms with van der Waals surface area (Å²) in [7, 11) is 0. The van der Waals surface area contributed by atoms with Crippen LogP contribution in [-0.2, 0) is 12.0 Å². The molecule has 0 bridgehead atoms. The first-order chi connectivity index (χ1) is 12.8. The Morgan fingerprint density at radius 2 is 1.73 bits per heavy atom. The Morgan fingerprint density at radius 3 is 2.50 bits per heavy atom. The molecule has 0 radical (unpaired) electrons. The van der Waals surface area contributed by atoms with Crippen LogP contribution in [0.1, 0.15) is 37.5 Å². The molecule has 130 valence electrons. The van der Waals surface area contributed by atoms with Crippen LogP contribution in [0.15, 0.2) is 59.0 Å². The standard InChI is InChI=1S/C21H19N3O2/c22-15-21(12-6-7-13-21)20-24-23-19(26-20)14-25-18-11-5-4-10-17(18)16-8-2-1-3-9-16/h1-5,8-11H,6-7,12-14H2. The highest BCUT2D eigenvalue weighted by Gasteiger charge is 2.41. The smallest absolute Gasteiger partial charge is 0.253 e. The van der Waals surface area contributed by atoms with Gasteiger partial charge in [-0.1, -0.05) is 61.4 Å². The van der Waals surface area contributed by atoms with Crippen molar-refractivity contribution in [1.82, 2.24) is 10.2 Å². The summed E-state index contributed by atoms with van der Waals surface area (Å²) in [6.07, 6.45) is 3.60. The SMILES string of the molecule is N#CC1(c2nnc(COc3ccccc3-c3ccccc3)o2)CCCC1. The molecule has 1 fully saturated rings. The third kappa shape index (κ3) is 3.06. The van der Waals surface area contributed by atoms with Crippen molar-refractivity contribution >= 4 is 0 Å². The molecule has 0 atom stereocenters. The number of benzene rings is 2. The number of ether oxygens (including phenoxy) is 1. The molecule has 0 spiro atoms. The van der Waals surface area contributed by atoms with Gasteiger partial charge in [0.15, 0.2) is 6.61 Å². The Labute approximate surface area is 152 Å². The Morgan fingerprint density at radius 1 is 1.00 bits per heavy atom. The van der Waals surface area contributed by atoms with Crippen LogP contribution >= 0.6 is 0 Å². The van der Waals surface area contributed by atoms with Crippen LogP contribution < -0.4 is 4.74 Å². The number of hydrogen-bond acceptors (Lipinski definition) is 5. The fraction of sp³-hybridized carbons (Fsp3) is 0.286. The van der Waals surface area contributed by atoms with Gasteiger partial charge < -0.3 is 9.15 Å². The third-order valence-electron chi connectivity index (χ3n) is 4.87. The van der Waals surface area contributed by atoms with Gasteiger partial charge in [-0.15, -0.1) is 10.2 Å². The predicted molar refractivity (Wildman–Crippen MR) is 96.3 cm³/mol. The van der Waals surface area contributed by atoms with Crippen molar-refractivity contribution < 1.29 is 9.15 Å². The van der Waals surface area contributed by atoms with E-state index >= 15 is 0 Å². The first kappa shape index (κ1) is 16.3. The van der Waals surface area contributed by atoms with Gasteiger partial charge in [0.25, 0.3) is 5.89 Å². The number of nitriles is 1. The monoisotopic (exact) mass is 345 g/mol. The van der Waals surface area contributed by atoms with E-state index in [9.17, 15) is 5.26 Å². The van der Waals surface area contributed by atoms with Gasteiger partial charge in [-0.25, -0.2) is 0 Å².